The normalized spacial score (nSPS) is 27.3. The molecule has 1 nitrogen and oxygen atoms in total. The van der Waals surface area contributed by atoms with Crippen molar-refractivity contribution >= 4 is 0 Å². The van der Waals surface area contributed by atoms with Crippen molar-refractivity contribution < 1.29 is 0 Å². The van der Waals surface area contributed by atoms with Gasteiger partial charge in [0.1, 0.15) is 0 Å². The van der Waals surface area contributed by atoms with Crippen molar-refractivity contribution in [2.45, 2.75) is 63.3 Å². The Labute approximate surface area is 116 Å². The zero-order chi connectivity index (χ0) is 13.1. The maximum Gasteiger partial charge on any atom is 0.0226 e. The predicted octanol–water partition coefficient (Wildman–Crippen LogP) is 4.32. The van der Waals surface area contributed by atoms with Gasteiger partial charge in [-0.1, -0.05) is 42.3 Å². The van der Waals surface area contributed by atoms with Crippen LogP contribution in [0, 0.1) is 0 Å². The molecule has 0 heterocycles. The molecular formula is C18H25N. The van der Waals surface area contributed by atoms with Gasteiger partial charge in [-0.2, -0.15) is 0 Å². The van der Waals surface area contributed by atoms with Crippen LogP contribution in [0.2, 0.25) is 0 Å². The van der Waals surface area contributed by atoms with Crippen LogP contribution >= 0.6 is 0 Å². The summed E-state index contributed by atoms with van der Waals surface area (Å²) < 4.78 is 0. The van der Waals surface area contributed by atoms with Gasteiger partial charge in [-0.15, -0.1) is 0 Å². The van der Waals surface area contributed by atoms with E-state index in [1.807, 2.05) is 0 Å². The van der Waals surface area contributed by atoms with Gasteiger partial charge < -0.3 is 5.73 Å². The average molecular weight is 255 g/mol. The van der Waals surface area contributed by atoms with Crippen molar-refractivity contribution in [2.24, 2.45) is 5.73 Å². The van der Waals surface area contributed by atoms with E-state index in [0.29, 0.717) is 6.04 Å². The lowest BCUT2D eigenvalue weighted by Gasteiger charge is -2.26. The van der Waals surface area contributed by atoms with E-state index in [-0.39, 0.29) is 0 Å². The van der Waals surface area contributed by atoms with Gasteiger partial charge in [0.15, 0.2) is 0 Å². The maximum absolute atomic E-state index is 6.15. The standard InChI is InChI=1S/C18H25N/c19-17-10-3-1-6-14(13-17)12-16-9-5-8-15-7-2-4-11-18(15)16/h2,4,7,11,13,16-17H,1,3,5-6,8-10,12,19H2. The number of hydrogen-bond acceptors (Lipinski definition) is 1. The molecule has 2 aliphatic rings. The molecule has 2 N–H and O–H groups in total. The maximum atomic E-state index is 6.15. The second-order valence-electron chi connectivity index (χ2n) is 6.23. The lowest BCUT2D eigenvalue weighted by Crippen LogP contribution is -2.16. The Kier molecular flexibility index (Phi) is 4.03. The minimum Gasteiger partial charge on any atom is -0.324 e. The summed E-state index contributed by atoms with van der Waals surface area (Å²) in [5, 5.41) is 0. The Morgan fingerprint density at radius 2 is 1.89 bits per heavy atom. The Hall–Kier alpha value is -1.08. The summed E-state index contributed by atoms with van der Waals surface area (Å²) in [5.41, 5.74) is 11.0. The number of nitrogens with two attached hydrogens (primary N) is 1. The molecule has 19 heavy (non-hydrogen) atoms. The van der Waals surface area contributed by atoms with Crippen molar-refractivity contribution in [1.82, 2.24) is 0 Å². The molecule has 2 aliphatic carbocycles. The molecule has 0 saturated heterocycles. The summed E-state index contributed by atoms with van der Waals surface area (Å²) in [6.45, 7) is 0. The summed E-state index contributed by atoms with van der Waals surface area (Å²) in [5.74, 6) is 0.737. The molecule has 0 aromatic heterocycles. The van der Waals surface area contributed by atoms with E-state index < -0.39 is 0 Å². The fourth-order valence-electron chi connectivity index (χ4n) is 3.75. The molecule has 3 rings (SSSR count). The third-order valence-corrected chi connectivity index (χ3v) is 4.74. The third-order valence-electron chi connectivity index (χ3n) is 4.74. The molecule has 0 saturated carbocycles. The fourth-order valence-corrected chi connectivity index (χ4v) is 3.75. The molecule has 1 heteroatoms. The van der Waals surface area contributed by atoms with E-state index >= 15 is 0 Å². The van der Waals surface area contributed by atoms with Gasteiger partial charge in [-0.05, 0) is 62.0 Å². The van der Waals surface area contributed by atoms with Crippen molar-refractivity contribution in [3.8, 4) is 0 Å². The Bertz CT molecular complexity index is 461. The Morgan fingerprint density at radius 3 is 2.84 bits per heavy atom. The molecule has 0 spiro atoms. The molecule has 0 fully saturated rings. The van der Waals surface area contributed by atoms with Crippen LogP contribution in [0.3, 0.4) is 0 Å². The van der Waals surface area contributed by atoms with E-state index in [1.54, 1.807) is 16.7 Å². The largest absolute Gasteiger partial charge is 0.324 e. The van der Waals surface area contributed by atoms with Gasteiger partial charge in [-0.3, -0.25) is 0 Å². The molecule has 0 aliphatic heterocycles. The number of benzene rings is 1. The smallest absolute Gasteiger partial charge is 0.0226 e. The number of aryl methyl sites for hydroxylation is 1. The van der Waals surface area contributed by atoms with Crippen LogP contribution in [-0.4, -0.2) is 6.04 Å². The average Bonchev–Trinajstić information content (AvgIpc) is 2.63. The molecule has 2 unspecified atom stereocenters. The number of fused-ring (bicyclic) bond motifs is 1. The van der Waals surface area contributed by atoms with E-state index in [1.165, 1.54) is 51.4 Å². The molecular weight excluding hydrogens is 230 g/mol. The molecule has 0 radical (unpaired) electrons. The van der Waals surface area contributed by atoms with E-state index in [4.69, 9.17) is 5.73 Å². The Morgan fingerprint density at radius 1 is 1.00 bits per heavy atom. The van der Waals surface area contributed by atoms with Gasteiger partial charge in [0, 0.05) is 6.04 Å². The van der Waals surface area contributed by atoms with Crippen LogP contribution in [0.5, 0.6) is 0 Å². The van der Waals surface area contributed by atoms with Gasteiger partial charge >= 0.3 is 0 Å². The van der Waals surface area contributed by atoms with Gasteiger partial charge in [-0.25, -0.2) is 0 Å². The van der Waals surface area contributed by atoms with Crippen molar-refractivity contribution in [3.63, 3.8) is 0 Å². The number of allylic oxidation sites excluding steroid dienone is 1. The van der Waals surface area contributed by atoms with Crippen LogP contribution in [0.25, 0.3) is 0 Å². The lowest BCUT2D eigenvalue weighted by molar-refractivity contribution is 0.540. The quantitative estimate of drug-likeness (QED) is 0.782. The van der Waals surface area contributed by atoms with E-state index in [9.17, 15) is 0 Å². The van der Waals surface area contributed by atoms with Crippen molar-refractivity contribution in [1.29, 1.82) is 0 Å². The molecule has 0 bridgehead atoms. The van der Waals surface area contributed by atoms with Crippen molar-refractivity contribution in [2.75, 3.05) is 0 Å². The van der Waals surface area contributed by atoms with Crippen LogP contribution < -0.4 is 5.73 Å². The molecule has 1 aromatic rings. The first kappa shape index (κ1) is 12.9. The molecule has 2 atom stereocenters. The highest BCUT2D eigenvalue weighted by Gasteiger charge is 2.21. The third kappa shape index (κ3) is 3.09. The Balaban J connectivity index is 1.77. The van der Waals surface area contributed by atoms with E-state index in [0.717, 1.165) is 5.92 Å². The summed E-state index contributed by atoms with van der Waals surface area (Å²) in [6, 6.07) is 9.34. The first-order valence-corrected chi connectivity index (χ1v) is 7.86. The lowest BCUT2D eigenvalue weighted by atomic mass is 9.79. The highest BCUT2D eigenvalue weighted by molar-refractivity contribution is 5.33. The zero-order valence-corrected chi connectivity index (χ0v) is 11.8. The first-order valence-electron chi connectivity index (χ1n) is 7.86. The van der Waals surface area contributed by atoms with Gasteiger partial charge in [0.05, 0.1) is 0 Å². The summed E-state index contributed by atoms with van der Waals surface area (Å²) in [6.07, 6.45) is 12.6. The highest BCUT2D eigenvalue weighted by Crippen LogP contribution is 2.37. The molecule has 102 valence electrons. The van der Waals surface area contributed by atoms with Gasteiger partial charge in [0.2, 0.25) is 0 Å². The summed E-state index contributed by atoms with van der Waals surface area (Å²) in [7, 11) is 0. The molecule has 0 amide bonds. The molecule has 1 aromatic carbocycles. The number of hydrogen-bond donors (Lipinski definition) is 1. The number of rotatable bonds is 2. The minimum absolute atomic E-state index is 0.302. The van der Waals surface area contributed by atoms with Gasteiger partial charge in [0.25, 0.3) is 0 Å². The minimum atomic E-state index is 0.302. The van der Waals surface area contributed by atoms with Crippen molar-refractivity contribution in [3.05, 3.63) is 47.0 Å². The zero-order valence-electron chi connectivity index (χ0n) is 11.8. The second-order valence-corrected chi connectivity index (χ2v) is 6.23. The van der Waals surface area contributed by atoms with Crippen LogP contribution in [-0.2, 0) is 6.42 Å². The second kappa shape index (κ2) is 5.92. The fraction of sp³-hybridized carbons (Fsp3) is 0.556. The van der Waals surface area contributed by atoms with E-state index in [2.05, 4.69) is 30.3 Å². The van der Waals surface area contributed by atoms with Crippen LogP contribution in [0.15, 0.2) is 35.9 Å². The van der Waals surface area contributed by atoms with Crippen LogP contribution in [0.1, 0.15) is 62.0 Å². The topological polar surface area (TPSA) is 26.0 Å². The highest BCUT2D eigenvalue weighted by atomic mass is 14.6. The monoisotopic (exact) mass is 255 g/mol. The predicted molar refractivity (Wildman–Crippen MR) is 81.3 cm³/mol. The summed E-state index contributed by atoms with van der Waals surface area (Å²) >= 11 is 0. The SMILES string of the molecule is NC1C=C(CC2CCCc3ccccc32)CCCC1. The summed E-state index contributed by atoms with van der Waals surface area (Å²) in [4.78, 5) is 0. The van der Waals surface area contributed by atoms with Crippen LogP contribution in [0.4, 0.5) is 0 Å². The first-order chi connectivity index (χ1) is 9.33.